The van der Waals surface area contributed by atoms with Gasteiger partial charge in [0.2, 0.25) is 5.88 Å². The molecule has 19 heavy (non-hydrogen) atoms. The Balaban J connectivity index is 1.79. The van der Waals surface area contributed by atoms with E-state index in [-0.39, 0.29) is 0 Å². The van der Waals surface area contributed by atoms with E-state index in [1.54, 1.807) is 13.3 Å². The molecule has 1 N–H and O–H groups in total. The molecule has 0 radical (unpaired) electrons. The highest BCUT2D eigenvalue weighted by atomic mass is 16.5. The van der Waals surface area contributed by atoms with Gasteiger partial charge in [0.1, 0.15) is 0 Å². The molecule has 0 fully saturated rings. The number of nitrogens with one attached hydrogen (secondary N) is 1. The first-order valence-electron chi connectivity index (χ1n) is 7.04. The van der Waals surface area contributed by atoms with E-state index < -0.39 is 0 Å². The maximum atomic E-state index is 5.13. The summed E-state index contributed by atoms with van der Waals surface area (Å²) in [6, 6.07) is 4.02. The summed E-state index contributed by atoms with van der Waals surface area (Å²) in [5, 5.41) is 3.55. The third kappa shape index (κ3) is 4.35. The highest BCUT2D eigenvalue weighted by molar-refractivity contribution is 5.20. The summed E-state index contributed by atoms with van der Waals surface area (Å²) < 4.78 is 5.13. The molecule has 0 amide bonds. The van der Waals surface area contributed by atoms with Crippen LogP contribution in [0.25, 0.3) is 0 Å². The highest BCUT2D eigenvalue weighted by Gasteiger charge is 2.17. The molecule has 3 heteroatoms. The first kappa shape index (κ1) is 14.1. The maximum Gasteiger partial charge on any atom is 0.213 e. The third-order valence-electron chi connectivity index (χ3n) is 3.66. The van der Waals surface area contributed by atoms with Crippen LogP contribution in [0.15, 0.2) is 30.0 Å². The van der Waals surface area contributed by atoms with Crippen LogP contribution in [0.2, 0.25) is 0 Å². The van der Waals surface area contributed by atoms with Crippen LogP contribution in [0.4, 0.5) is 0 Å². The van der Waals surface area contributed by atoms with Crippen LogP contribution in [0.3, 0.4) is 0 Å². The van der Waals surface area contributed by atoms with Gasteiger partial charge in [-0.1, -0.05) is 18.6 Å². The Morgan fingerprint density at radius 2 is 2.32 bits per heavy atom. The standard InChI is InChI=1S/C16H24N2O/c1-12-6-13(2)8-15(7-12)11-17-10-14-4-5-18-16(9-14)19-3/h4-6,9,12,15,17H,7-8,10-11H2,1-3H3. The Kier molecular flexibility index (Phi) is 4.97. The molecule has 104 valence electrons. The van der Waals surface area contributed by atoms with E-state index in [0.717, 1.165) is 24.9 Å². The number of pyridine rings is 1. The lowest BCUT2D eigenvalue weighted by atomic mass is 9.84. The number of hydrogen-bond donors (Lipinski definition) is 1. The fourth-order valence-electron chi connectivity index (χ4n) is 2.93. The lowest BCUT2D eigenvalue weighted by Crippen LogP contribution is -2.25. The van der Waals surface area contributed by atoms with Crippen molar-refractivity contribution in [2.45, 2.75) is 33.2 Å². The average molecular weight is 260 g/mol. The second-order valence-corrected chi connectivity index (χ2v) is 5.63. The molecular formula is C16H24N2O. The molecule has 1 aromatic heterocycles. The van der Waals surface area contributed by atoms with Gasteiger partial charge >= 0.3 is 0 Å². The molecule has 3 nitrogen and oxygen atoms in total. The molecule has 0 saturated carbocycles. The van der Waals surface area contributed by atoms with Gasteiger partial charge in [0.15, 0.2) is 0 Å². The van der Waals surface area contributed by atoms with E-state index in [0.29, 0.717) is 5.88 Å². The van der Waals surface area contributed by atoms with Gasteiger partial charge in [-0.2, -0.15) is 0 Å². The molecule has 1 aliphatic carbocycles. The van der Waals surface area contributed by atoms with Crippen LogP contribution in [0.5, 0.6) is 5.88 Å². The Bertz CT molecular complexity index is 442. The van der Waals surface area contributed by atoms with Crippen molar-refractivity contribution in [3.05, 3.63) is 35.5 Å². The number of hydrogen-bond acceptors (Lipinski definition) is 3. The Morgan fingerprint density at radius 3 is 3.05 bits per heavy atom. The number of aromatic nitrogens is 1. The summed E-state index contributed by atoms with van der Waals surface area (Å²) in [4.78, 5) is 4.12. The molecule has 2 unspecified atom stereocenters. The van der Waals surface area contributed by atoms with Crippen LogP contribution >= 0.6 is 0 Å². The van der Waals surface area contributed by atoms with Crippen molar-refractivity contribution in [2.75, 3.05) is 13.7 Å². The monoisotopic (exact) mass is 260 g/mol. The van der Waals surface area contributed by atoms with E-state index in [1.807, 2.05) is 12.1 Å². The van der Waals surface area contributed by atoms with Gasteiger partial charge < -0.3 is 10.1 Å². The quantitative estimate of drug-likeness (QED) is 0.826. The van der Waals surface area contributed by atoms with Crippen LogP contribution in [-0.2, 0) is 6.54 Å². The maximum absolute atomic E-state index is 5.13. The number of ether oxygens (including phenoxy) is 1. The summed E-state index contributed by atoms with van der Waals surface area (Å²) >= 11 is 0. The molecule has 0 aliphatic heterocycles. The van der Waals surface area contributed by atoms with Gasteiger partial charge in [0, 0.05) is 18.8 Å². The van der Waals surface area contributed by atoms with E-state index in [4.69, 9.17) is 4.74 Å². The van der Waals surface area contributed by atoms with Crippen molar-refractivity contribution in [1.82, 2.24) is 10.3 Å². The molecule has 2 rings (SSSR count). The molecule has 0 aromatic carbocycles. The number of rotatable bonds is 5. The zero-order valence-electron chi connectivity index (χ0n) is 12.1. The van der Waals surface area contributed by atoms with Gasteiger partial charge in [0.05, 0.1) is 7.11 Å². The van der Waals surface area contributed by atoms with Crippen molar-refractivity contribution in [3.8, 4) is 5.88 Å². The van der Waals surface area contributed by atoms with Crippen LogP contribution in [0.1, 0.15) is 32.3 Å². The van der Waals surface area contributed by atoms with E-state index in [9.17, 15) is 0 Å². The second-order valence-electron chi connectivity index (χ2n) is 5.63. The van der Waals surface area contributed by atoms with Crippen LogP contribution < -0.4 is 10.1 Å². The highest BCUT2D eigenvalue weighted by Crippen LogP contribution is 2.27. The largest absolute Gasteiger partial charge is 0.481 e. The first-order chi connectivity index (χ1) is 9.17. The first-order valence-corrected chi connectivity index (χ1v) is 7.04. The van der Waals surface area contributed by atoms with E-state index in [1.165, 1.54) is 24.0 Å². The SMILES string of the molecule is COc1cc(CNCC2CC(C)=CC(C)C2)ccn1. The Morgan fingerprint density at radius 1 is 1.47 bits per heavy atom. The fraction of sp³-hybridized carbons (Fsp3) is 0.562. The van der Waals surface area contributed by atoms with Gasteiger partial charge in [-0.3, -0.25) is 0 Å². The number of nitrogens with zero attached hydrogens (tertiary/aromatic N) is 1. The van der Waals surface area contributed by atoms with Gasteiger partial charge in [-0.15, -0.1) is 0 Å². The third-order valence-corrected chi connectivity index (χ3v) is 3.66. The van der Waals surface area contributed by atoms with Gasteiger partial charge in [-0.05, 0) is 49.8 Å². The number of methoxy groups -OCH3 is 1. The molecule has 1 heterocycles. The summed E-state index contributed by atoms with van der Waals surface area (Å²) in [6.45, 7) is 6.52. The zero-order chi connectivity index (χ0) is 13.7. The lowest BCUT2D eigenvalue weighted by molar-refractivity contribution is 0.380. The van der Waals surface area contributed by atoms with Gasteiger partial charge in [0.25, 0.3) is 0 Å². The molecule has 1 aliphatic rings. The van der Waals surface area contributed by atoms with Crippen molar-refractivity contribution in [2.24, 2.45) is 11.8 Å². The molecular weight excluding hydrogens is 236 g/mol. The molecule has 0 bridgehead atoms. The summed E-state index contributed by atoms with van der Waals surface area (Å²) in [6.07, 6.45) is 6.73. The zero-order valence-corrected chi connectivity index (χ0v) is 12.1. The average Bonchev–Trinajstić information content (AvgIpc) is 2.38. The van der Waals surface area contributed by atoms with Crippen molar-refractivity contribution in [3.63, 3.8) is 0 Å². The minimum Gasteiger partial charge on any atom is -0.481 e. The molecule has 0 saturated heterocycles. The van der Waals surface area contributed by atoms with Crippen LogP contribution in [0, 0.1) is 11.8 Å². The second kappa shape index (κ2) is 6.71. The van der Waals surface area contributed by atoms with Gasteiger partial charge in [-0.25, -0.2) is 4.98 Å². The topological polar surface area (TPSA) is 34.1 Å². The van der Waals surface area contributed by atoms with E-state index in [2.05, 4.69) is 30.2 Å². The minimum atomic E-state index is 0.685. The van der Waals surface area contributed by atoms with Crippen LogP contribution in [-0.4, -0.2) is 18.6 Å². The Hall–Kier alpha value is -1.35. The fourth-order valence-corrected chi connectivity index (χ4v) is 2.93. The smallest absolute Gasteiger partial charge is 0.213 e. The summed E-state index contributed by atoms with van der Waals surface area (Å²) in [7, 11) is 1.65. The summed E-state index contributed by atoms with van der Waals surface area (Å²) in [5.74, 6) is 2.18. The summed E-state index contributed by atoms with van der Waals surface area (Å²) in [5.41, 5.74) is 2.76. The Labute approximate surface area is 116 Å². The van der Waals surface area contributed by atoms with E-state index >= 15 is 0 Å². The molecule has 0 spiro atoms. The van der Waals surface area contributed by atoms with Crippen molar-refractivity contribution >= 4 is 0 Å². The minimum absolute atomic E-state index is 0.685. The normalized spacial score (nSPS) is 23.0. The van der Waals surface area contributed by atoms with Crippen molar-refractivity contribution < 1.29 is 4.74 Å². The molecule has 2 atom stereocenters. The van der Waals surface area contributed by atoms with Crippen molar-refractivity contribution in [1.29, 1.82) is 0 Å². The molecule has 1 aromatic rings. The lowest BCUT2D eigenvalue weighted by Gasteiger charge is -2.25. The predicted molar refractivity (Wildman–Crippen MR) is 78.1 cm³/mol. The predicted octanol–water partition coefficient (Wildman–Crippen LogP) is 3.17. The number of allylic oxidation sites excluding steroid dienone is 2.